The molecule has 0 radical (unpaired) electrons. The van der Waals surface area contributed by atoms with Crippen LogP contribution in [0, 0.1) is 0 Å². The summed E-state index contributed by atoms with van der Waals surface area (Å²) in [6.07, 6.45) is -24.9. The highest BCUT2D eigenvalue weighted by Gasteiger charge is 2.51. The summed E-state index contributed by atoms with van der Waals surface area (Å²) in [5.74, 6) is 0. The number of rotatable bonds is 7. The minimum atomic E-state index is -1.93. The molecule has 15 atom stereocenters. The largest absolute Gasteiger partial charge is 0.394 e. The van der Waals surface area contributed by atoms with Crippen LogP contribution in [0.2, 0.25) is 0 Å². The summed E-state index contributed by atoms with van der Waals surface area (Å²) < 4.78 is 26.1. The van der Waals surface area contributed by atoms with Crippen LogP contribution in [-0.4, -0.2) is 168 Å². The van der Waals surface area contributed by atoms with Gasteiger partial charge in [-0.3, -0.25) is 0 Å². The topological polar surface area (TPSA) is 269 Å². The van der Waals surface area contributed by atoms with Crippen molar-refractivity contribution in [3.63, 3.8) is 0 Å². The highest BCUT2D eigenvalue weighted by atomic mass is 16.7. The minimum Gasteiger partial charge on any atom is -0.394 e. The van der Waals surface area contributed by atoms with Gasteiger partial charge in [-0.05, 0) is 0 Å². The van der Waals surface area contributed by atoms with Crippen LogP contribution in [0.25, 0.3) is 0 Å². The van der Waals surface area contributed by atoms with E-state index < -0.39 is 112 Å². The first-order valence-electron chi connectivity index (χ1n) is 10.6. The second-order valence-corrected chi connectivity index (χ2v) is 8.37. The van der Waals surface area contributed by atoms with Crippen LogP contribution in [0.5, 0.6) is 0 Å². The molecule has 11 N–H and O–H groups in total. The lowest BCUT2D eigenvalue weighted by atomic mass is 9.97. The molecule has 3 saturated heterocycles. The molecule has 3 aliphatic heterocycles. The Morgan fingerprint density at radius 3 is 1.53 bits per heavy atom. The molecule has 0 aromatic carbocycles. The van der Waals surface area contributed by atoms with Gasteiger partial charge < -0.3 is 79.9 Å². The van der Waals surface area contributed by atoms with Gasteiger partial charge in [0.2, 0.25) is 0 Å². The van der Waals surface area contributed by atoms with E-state index in [0.29, 0.717) is 0 Å². The van der Waals surface area contributed by atoms with Gasteiger partial charge in [-0.25, -0.2) is 0 Å². The van der Waals surface area contributed by atoms with Crippen LogP contribution in [-0.2, 0) is 23.7 Å². The molecule has 3 rings (SSSR count). The van der Waals surface area contributed by atoms with Crippen molar-refractivity contribution in [3.8, 4) is 0 Å². The van der Waals surface area contributed by atoms with Crippen molar-refractivity contribution in [1.82, 2.24) is 0 Å². The first-order valence-corrected chi connectivity index (χ1v) is 10.6. The van der Waals surface area contributed by atoms with Crippen LogP contribution in [0.15, 0.2) is 0 Å². The molecule has 16 heteroatoms. The van der Waals surface area contributed by atoms with E-state index in [-0.39, 0.29) is 0 Å². The third-order valence-electron chi connectivity index (χ3n) is 6.07. The van der Waals surface area contributed by atoms with Crippen LogP contribution in [0.1, 0.15) is 0 Å². The Morgan fingerprint density at radius 1 is 0.500 bits per heavy atom. The molecule has 3 fully saturated rings. The quantitative estimate of drug-likeness (QED) is 0.154. The van der Waals surface area contributed by atoms with Gasteiger partial charge >= 0.3 is 0 Å². The smallest absolute Gasteiger partial charge is 0.187 e. The lowest BCUT2D eigenvalue weighted by Crippen LogP contribution is -2.65. The molecule has 3 aliphatic rings. The molecular formula is C18H32O16. The van der Waals surface area contributed by atoms with Crippen molar-refractivity contribution in [2.45, 2.75) is 92.1 Å². The van der Waals surface area contributed by atoms with Gasteiger partial charge in [-0.2, -0.15) is 0 Å². The Hall–Kier alpha value is -0.640. The Morgan fingerprint density at radius 2 is 1.00 bits per heavy atom. The van der Waals surface area contributed by atoms with Crippen molar-refractivity contribution in [1.29, 1.82) is 0 Å². The van der Waals surface area contributed by atoms with Crippen LogP contribution in [0.3, 0.4) is 0 Å². The number of hydrogen-bond acceptors (Lipinski definition) is 16. The third kappa shape index (κ3) is 5.52. The van der Waals surface area contributed by atoms with Gasteiger partial charge in [0, 0.05) is 0 Å². The molecule has 34 heavy (non-hydrogen) atoms. The van der Waals surface area contributed by atoms with E-state index in [1.54, 1.807) is 0 Å². The number of aliphatic hydroxyl groups is 11. The van der Waals surface area contributed by atoms with Crippen molar-refractivity contribution in [3.05, 3.63) is 0 Å². The highest BCUT2D eigenvalue weighted by Crippen LogP contribution is 2.29. The summed E-state index contributed by atoms with van der Waals surface area (Å²) in [5.41, 5.74) is 0. The van der Waals surface area contributed by atoms with Gasteiger partial charge in [0.1, 0.15) is 73.2 Å². The molecule has 0 aliphatic carbocycles. The average Bonchev–Trinajstić information content (AvgIpc) is 2.82. The van der Waals surface area contributed by atoms with Crippen molar-refractivity contribution >= 4 is 0 Å². The summed E-state index contributed by atoms with van der Waals surface area (Å²) in [6.45, 7) is -2.06. The number of aliphatic hydroxyl groups excluding tert-OH is 11. The van der Waals surface area contributed by atoms with Gasteiger partial charge in [0.15, 0.2) is 18.9 Å². The summed E-state index contributed by atoms with van der Waals surface area (Å²) in [6, 6.07) is 0. The monoisotopic (exact) mass is 504 g/mol. The van der Waals surface area contributed by atoms with Gasteiger partial charge in [-0.1, -0.05) is 0 Å². The van der Waals surface area contributed by atoms with Gasteiger partial charge in [0.05, 0.1) is 19.8 Å². The van der Waals surface area contributed by atoms with E-state index in [0.717, 1.165) is 0 Å². The molecule has 200 valence electrons. The maximum absolute atomic E-state index is 10.6. The first kappa shape index (κ1) is 27.9. The van der Waals surface area contributed by atoms with Gasteiger partial charge in [0.25, 0.3) is 0 Å². The van der Waals surface area contributed by atoms with E-state index in [2.05, 4.69) is 0 Å². The summed E-state index contributed by atoms with van der Waals surface area (Å²) in [4.78, 5) is 0. The average molecular weight is 504 g/mol. The van der Waals surface area contributed by atoms with Crippen LogP contribution in [0.4, 0.5) is 0 Å². The fourth-order valence-electron chi connectivity index (χ4n) is 3.94. The lowest BCUT2D eigenvalue weighted by molar-refractivity contribution is -0.361. The molecule has 0 aromatic heterocycles. The van der Waals surface area contributed by atoms with E-state index in [1.165, 1.54) is 0 Å². The fourth-order valence-corrected chi connectivity index (χ4v) is 3.94. The highest BCUT2D eigenvalue weighted by molar-refractivity contribution is 4.94. The molecule has 0 amide bonds. The van der Waals surface area contributed by atoms with Crippen molar-refractivity contribution in [2.24, 2.45) is 0 Å². The molecule has 0 saturated carbocycles. The summed E-state index contributed by atoms with van der Waals surface area (Å²) >= 11 is 0. The van der Waals surface area contributed by atoms with Crippen LogP contribution < -0.4 is 0 Å². The predicted octanol–water partition coefficient (Wildman–Crippen LogP) is -7.57. The zero-order valence-electron chi connectivity index (χ0n) is 17.7. The molecular weight excluding hydrogens is 472 g/mol. The Balaban J connectivity index is 1.65. The predicted molar refractivity (Wildman–Crippen MR) is 101 cm³/mol. The number of ether oxygens (including phenoxy) is 5. The zero-order chi connectivity index (χ0) is 25.3. The maximum atomic E-state index is 10.6. The Bertz CT molecular complexity index is 637. The van der Waals surface area contributed by atoms with E-state index in [1.807, 2.05) is 0 Å². The third-order valence-corrected chi connectivity index (χ3v) is 6.07. The summed E-state index contributed by atoms with van der Waals surface area (Å²) in [5, 5.41) is 109. The molecule has 3 heterocycles. The maximum Gasteiger partial charge on any atom is 0.187 e. The van der Waals surface area contributed by atoms with Crippen molar-refractivity contribution in [2.75, 3.05) is 19.8 Å². The van der Waals surface area contributed by atoms with Gasteiger partial charge in [-0.15, -0.1) is 0 Å². The second-order valence-electron chi connectivity index (χ2n) is 8.37. The van der Waals surface area contributed by atoms with E-state index >= 15 is 0 Å². The molecule has 16 nitrogen and oxygen atoms in total. The lowest BCUT2D eigenvalue weighted by Gasteiger charge is -2.45. The second kappa shape index (κ2) is 11.6. The van der Waals surface area contributed by atoms with Crippen molar-refractivity contribution < 1.29 is 79.9 Å². The normalized spacial score (nSPS) is 52.5. The van der Waals surface area contributed by atoms with Crippen LogP contribution >= 0.6 is 0 Å². The Kier molecular flexibility index (Phi) is 9.54. The first-order chi connectivity index (χ1) is 16.0. The molecule has 0 aromatic rings. The summed E-state index contributed by atoms with van der Waals surface area (Å²) in [7, 11) is 0. The van der Waals surface area contributed by atoms with E-state index in [4.69, 9.17) is 23.7 Å². The molecule has 1 unspecified atom stereocenters. The zero-order valence-corrected chi connectivity index (χ0v) is 17.7. The SMILES string of the molecule is OC[C@H]1O[C@@H](OC[C@H]2OC(O)[C@H](O)[C@@H](O[C@@H]3O[C@H](CO)[C@H](O)[C@H](O)[C@H]3O)[C@H]2O)[C@H](O)[C@@H](O)[C@H]1O. The fraction of sp³-hybridized carbons (Fsp3) is 1.00. The Labute approximate surface area is 192 Å². The molecule has 0 spiro atoms. The molecule has 0 bridgehead atoms. The minimum absolute atomic E-state index is 0.609. The number of hydrogen-bond donors (Lipinski definition) is 11. The van der Waals surface area contributed by atoms with E-state index in [9.17, 15) is 56.2 Å². The standard InChI is InChI=1S/C18H32O16/c19-1-4-7(21)10(24)12(26)17(32-4)30-3-6-9(23)15(14(28)16(29)31-6)34-18-13(27)11(25)8(22)5(2-20)33-18/h4-29H,1-3H2/t4-,5-,6-,7+,8+,9+,10+,11+,12-,13-,14-,15+,16?,17-,18+/m1/s1.